The summed E-state index contributed by atoms with van der Waals surface area (Å²) in [5, 5.41) is 3.12. The Labute approximate surface area is 111 Å². The number of H-pyrrole nitrogens is 1. The van der Waals surface area contributed by atoms with E-state index in [1.165, 1.54) is 0 Å². The van der Waals surface area contributed by atoms with Crippen LogP contribution in [-0.4, -0.2) is 24.1 Å². The van der Waals surface area contributed by atoms with Crippen LogP contribution in [0.25, 0.3) is 22.4 Å². The van der Waals surface area contributed by atoms with Gasteiger partial charge < -0.3 is 15.0 Å². The first kappa shape index (κ1) is 11.6. The van der Waals surface area contributed by atoms with Crippen LogP contribution in [0.15, 0.2) is 42.5 Å². The Balaban J connectivity index is 2.15. The molecule has 0 unspecified atom stereocenters. The van der Waals surface area contributed by atoms with Crippen molar-refractivity contribution in [3.05, 3.63) is 42.5 Å². The monoisotopic (exact) mass is 253 g/mol. The van der Waals surface area contributed by atoms with E-state index in [1.807, 2.05) is 49.5 Å². The number of aromatic amines is 1. The molecule has 0 radical (unpaired) electrons. The fourth-order valence-corrected chi connectivity index (χ4v) is 2.13. The first-order valence-electron chi connectivity index (χ1n) is 6.12. The maximum absolute atomic E-state index is 5.37. The molecule has 2 N–H and O–H groups in total. The standard InChI is InChI=1S/C15H15N3O/c1-16-10-7-8-12-13(9-10)18-15(17-12)11-5-3-4-6-14(11)19-2/h3-9,16H,1-2H3,(H,17,18). The summed E-state index contributed by atoms with van der Waals surface area (Å²) in [6, 6.07) is 13.9. The summed E-state index contributed by atoms with van der Waals surface area (Å²) in [6.07, 6.45) is 0. The van der Waals surface area contributed by atoms with Gasteiger partial charge in [-0.05, 0) is 30.3 Å². The molecule has 0 atom stereocenters. The molecule has 0 aliphatic rings. The molecule has 3 aromatic rings. The van der Waals surface area contributed by atoms with E-state index in [4.69, 9.17) is 4.74 Å². The van der Waals surface area contributed by atoms with E-state index in [0.29, 0.717) is 0 Å². The van der Waals surface area contributed by atoms with Crippen molar-refractivity contribution in [2.45, 2.75) is 0 Å². The van der Waals surface area contributed by atoms with Gasteiger partial charge in [-0.3, -0.25) is 0 Å². The van der Waals surface area contributed by atoms with Gasteiger partial charge in [-0.25, -0.2) is 4.98 Å². The first-order chi connectivity index (χ1) is 9.31. The number of hydrogen-bond donors (Lipinski definition) is 2. The number of para-hydroxylation sites is 1. The van der Waals surface area contributed by atoms with Gasteiger partial charge in [0.1, 0.15) is 11.6 Å². The molecule has 1 aromatic heterocycles. The molecule has 1 heterocycles. The van der Waals surface area contributed by atoms with Gasteiger partial charge in [0.05, 0.1) is 23.7 Å². The third-order valence-corrected chi connectivity index (χ3v) is 3.13. The number of fused-ring (bicyclic) bond motifs is 1. The van der Waals surface area contributed by atoms with Crippen LogP contribution in [0.1, 0.15) is 0 Å². The Morgan fingerprint density at radius 1 is 1.16 bits per heavy atom. The molecule has 0 amide bonds. The molecule has 2 aromatic carbocycles. The maximum atomic E-state index is 5.37. The van der Waals surface area contributed by atoms with Crippen LogP contribution in [0.4, 0.5) is 5.69 Å². The SMILES string of the molecule is CNc1ccc2nc(-c3ccccc3OC)[nH]c2c1. The van der Waals surface area contributed by atoms with Crippen LogP contribution in [0.3, 0.4) is 0 Å². The predicted molar refractivity (Wildman–Crippen MR) is 77.6 cm³/mol. The fraction of sp³-hybridized carbons (Fsp3) is 0.133. The van der Waals surface area contributed by atoms with Crippen molar-refractivity contribution < 1.29 is 4.74 Å². The van der Waals surface area contributed by atoms with Crippen LogP contribution < -0.4 is 10.1 Å². The zero-order valence-corrected chi connectivity index (χ0v) is 10.9. The van der Waals surface area contributed by atoms with Crippen molar-refractivity contribution in [1.82, 2.24) is 9.97 Å². The summed E-state index contributed by atoms with van der Waals surface area (Å²) in [5.41, 5.74) is 3.97. The van der Waals surface area contributed by atoms with Gasteiger partial charge in [-0.15, -0.1) is 0 Å². The van der Waals surface area contributed by atoms with E-state index in [9.17, 15) is 0 Å². The number of ether oxygens (including phenoxy) is 1. The van der Waals surface area contributed by atoms with Gasteiger partial charge in [0.2, 0.25) is 0 Å². The topological polar surface area (TPSA) is 49.9 Å². The molecule has 0 spiro atoms. The van der Waals surface area contributed by atoms with Gasteiger partial charge in [0.25, 0.3) is 0 Å². The Hall–Kier alpha value is -2.49. The fourth-order valence-electron chi connectivity index (χ4n) is 2.13. The summed E-state index contributed by atoms with van der Waals surface area (Å²) >= 11 is 0. The van der Waals surface area contributed by atoms with Crippen LogP contribution >= 0.6 is 0 Å². The zero-order chi connectivity index (χ0) is 13.2. The molecule has 0 saturated carbocycles. The van der Waals surface area contributed by atoms with Crippen LogP contribution in [0, 0.1) is 0 Å². The van der Waals surface area contributed by atoms with Crippen molar-refractivity contribution in [3.63, 3.8) is 0 Å². The summed E-state index contributed by atoms with van der Waals surface area (Å²) < 4.78 is 5.37. The van der Waals surface area contributed by atoms with Crippen molar-refractivity contribution >= 4 is 16.7 Å². The van der Waals surface area contributed by atoms with E-state index in [0.717, 1.165) is 33.9 Å². The molecule has 0 saturated heterocycles. The highest BCUT2D eigenvalue weighted by molar-refractivity contribution is 5.83. The van der Waals surface area contributed by atoms with Gasteiger partial charge >= 0.3 is 0 Å². The number of rotatable bonds is 3. The Bertz CT molecular complexity index is 718. The third-order valence-electron chi connectivity index (χ3n) is 3.13. The lowest BCUT2D eigenvalue weighted by molar-refractivity contribution is 0.416. The second kappa shape index (κ2) is 4.65. The Morgan fingerprint density at radius 3 is 2.79 bits per heavy atom. The molecular formula is C15H15N3O. The molecule has 96 valence electrons. The second-order valence-electron chi connectivity index (χ2n) is 4.27. The van der Waals surface area contributed by atoms with Crippen LogP contribution in [0.5, 0.6) is 5.75 Å². The molecule has 0 bridgehead atoms. The lowest BCUT2D eigenvalue weighted by atomic mass is 10.2. The van der Waals surface area contributed by atoms with Crippen LogP contribution in [-0.2, 0) is 0 Å². The Kier molecular flexibility index (Phi) is 2.83. The minimum absolute atomic E-state index is 0.815. The highest BCUT2D eigenvalue weighted by Crippen LogP contribution is 2.29. The number of benzene rings is 2. The summed E-state index contributed by atoms with van der Waals surface area (Å²) in [7, 11) is 3.57. The number of nitrogens with zero attached hydrogens (tertiary/aromatic N) is 1. The largest absolute Gasteiger partial charge is 0.496 e. The number of methoxy groups -OCH3 is 1. The van der Waals surface area contributed by atoms with Crippen molar-refractivity contribution in [2.75, 3.05) is 19.5 Å². The highest BCUT2D eigenvalue weighted by atomic mass is 16.5. The summed E-state index contributed by atoms with van der Waals surface area (Å²) in [4.78, 5) is 7.93. The summed E-state index contributed by atoms with van der Waals surface area (Å²) in [5.74, 6) is 1.64. The van der Waals surface area contributed by atoms with E-state index in [1.54, 1.807) is 7.11 Å². The van der Waals surface area contributed by atoms with Crippen molar-refractivity contribution in [3.8, 4) is 17.1 Å². The average molecular weight is 253 g/mol. The zero-order valence-electron chi connectivity index (χ0n) is 10.9. The lowest BCUT2D eigenvalue weighted by Crippen LogP contribution is -1.88. The van der Waals surface area contributed by atoms with E-state index in [2.05, 4.69) is 15.3 Å². The number of aromatic nitrogens is 2. The van der Waals surface area contributed by atoms with Gasteiger partial charge in [0.15, 0.2) is 0 Å². The number of imidazole rings is 1. The van der Waals surface area contributed by atoms with Crippen molar-refractivity contribution in [2.24, 2.45) is 0 Å². The normalized spacial score (nSPS) is 10.6. The van der Waals surface area contributed by atoms with E-state index in [-0.39, 0.29) is 0 Å². The molecule has 0 fully saturated rings. The van der Waals surface area contributed by atoms with Gasteiger partial charge in [0, 0.05) is 12.7 Å². The Morgan fingerprint density at radius 2 is 2.00 bits per heavy atom. The number of anilines is 1. The van der Waals surface area contributed by atoms with Crippen molar-refractivity contribution in [1.29, 1.82) is 0 Å². The predicted octanol–water partition coefficient (Wildman–Crippen LogP) is 3.28. The third kappa shape index (κ3) is 2.01. The van der Waals surface area contributed by atoms with Gasteiger partial charge in [-0.1, -0.05) is 12.1 Å². The van der Waals surface area contributed by atoms with E-state index >= 15 is 0 Å². The van der Waals surface area contributed by atoms with Gasteiger partial charge in [-0.2, -0.15) is 0 Å². The highest BCUT2D eigenvalue weighted by Gasteiger charge is 2.09. The second-order valence-corrected chi connectivity index (χ2v) is 4.27. The minimum atomic E-state index is 0.815. The maximum Gasteiger partial charge on any atom is 0.142 e. The smallest absolute Gasteiger partial charge is 0.142 e. The summed E-state index contributed by atoms with van der Waals surface area (Å²) in [6.45, 7) is 0. The molecule has 19 heavy (non-hydrogen) atoms. The number of nitrogens with one attached hydrogen (secondary N) is 2. The first-order valence-corrected chi connectivity index (χ1v) is 6.12. The average Bonchev–Trinajstić information content (AvgIpc) is 2.89. The number of hydrogen-bond acceptors (Lipinski definition) is 3. The van der Waals surface area contributed by atoms with E-state index < -0.39 is 0 Å². The molecule has 3 rings (SSSR count). The lowest BCUT2D eigenvalue weighted by Gasteiger charge is -2.04. The van der Waals surface area contributed by atoms with Crippen LogP contribution in [0.2, 0.25) is 0 Å². The molecule has 4 heteroatoms. The molecular weight excluding hydrogens is 238 g/mol. The molecule has 4 nitrogen and oxygen atoms in total. The molecule has 0 aliphatic carbocycles. The quantitative estimate of drug-likeness (QED) is 0.753. The molecule has 0 aliphatic heterocycles. The minimum Gasteiger partial charge on any atom is -0.496 e.